The molecule has 1 aliphatic heterocycles. The van der Waals surface area contributed by atoms with Crippen LogP contribution in [0.25, 0.3) is 0 Å². The summed E-state index contributed by atoms with van der Waals surface area (Å²) < 4.78 is 11.4. The molecule has 128 valence electrons. The van der Waals surface area contributed by atoms with Crippen molar-refractivity contribution in [2.45, 2.75) is 20.8 Å². The second-order valence-electron chi connectivity index (χ2n) is 5.55. The number of nitrogens with zero attached hydrogens (tertiary/aromatic N) is 4. The van der Waals surface area contributed by atoms with Crippen LogP contribution in [-0.4, -0.2) is 47.9 Å². The quantitative estimate of drug-likeness (QED) is 0.776. The Kier molecular flexibility index (Phi) is 5.15. The molecule has 6 heteroatoms. The van der Waals surface area contributed by atoms with Crippen molar-refractivity contribution < 1.29 is 9.47 Å². The van der Waals surface area contributed by atoms with E-state index in [0.717, 1.165) is 43.3 Å². The summed E-state index contributed by atoms with van der Waals surface area (Å²) in [5.41, 5.74) is 1.95. The number of fused-ring (bicyclic) bond motifs is 2. The van der Waals surface area contributed by atoms with Crippen LogP contribution in [0.5, 0.6) is 17.5 Å². The van der Waals surface area contributed by atoms with Crippen LogP contribution in [0, 0.1) is 0 Å². The summed E-state index contributed by atoms with van der Waals surface area (Å²) in [6.07, 6.45) is 0. The van der Waals surface area contributed by atoms with Gasteiger partial charge in [0.25, 0.3) is 5.88 Å². The van der Waals surface area contributed by atoms with Gasteiger partial charge in [-0.3, -0.25) is 0 Å². The van der Waals surface area contributed by atoms with Gasteiger partial charge in [-0.05, 0) is 32.1 Å². The van der Waals surface area contributed by atoms with E-state index in [1.165, 1.54) is 0 Å². The third kappa shape index (κ3) is 3.28. The van der Waals surface area contributed by atoms with E-state index in [1.807, 2.05) is 31.2 Å². The Labute approximate surface area is 143 Å². The smallest absolute Gasteiger partial charge is 0.263 e. The molecule has 0 N–H and O–H groups in total. The van der Waals surface area contributed by atoms with Crippen molar-refractivity contribution in [1.29, 1.82) is 0 Å². The number of hydrogen-bond acceptors (Lipinski definition) is 6. The minimum atomic E-state index is 0.520. The molecule has 0 amide bonds. The first-order valence-corrected chi connectivity index (χ1v) is 8.54. The lowest BCUT2D eigenvalue weighted by molar-refractivity contribution is 0.309. The predicted octanol–water partition coefficient (Wildman–Crippen LogP) is 3.46. The van der Waals surface area contributed by atoms with E-state index in [-0.39, 0.29) is 0 Å². The van der Waals surface area contributed by atoms with E-state index in [0.29, 0.717) is 18.4 Å². The highest BCUT2D eigenvalue weighted by Crippen LogP contribution is 2.45. The molecule has 0 unspecified atom stereocenters. The van der Waals surface area contributed by atoms with Crippen molar-refractivity contribution in [3.63, 3.8) is 0 Å². The number of hydrogen-bond donors (Lipinski definition) is 0. The zero-order valence-corrected chi connectivity index (χ0v) is 14.5. The number of rotatable bonds is 7. The maximum Gasteiger partial charge on any atom is 0.263 e. The third-order valence-corrected chi connectivity index (χ3v) is 4.20. The second-order valence-corrected chi connectivity index (χ2v) is 5.55. The monoisotopic (exact) mass is 328 g/mol. The zero-order chi connectivity index (χ0) is 16.9. The summed E-state index contributed by atoms with van der Waals surface area (Å²) in [7, 11) is 0. The highest BCUT2D eigenvalue weighted by atomic mass is 16.5. The molecule has 0 atom stereocenters. The molecule has 24 heavy (non-hydrogen) atoms. The van der Waals surface area contributed by atoms with Gasteiger partial charge >= 0.3 is 0 Å². The summed E-state index contributed by atoms with van der Waals surface area (Å²) in [4.78, 5) is 4.64. The summed E-state index contributed by atoms with van der Waals surface area (Å²) in [5, 5.41) is 8.28. The maximum atomic E-state index is 5.92. The van der Waals surface area contributed by atoms with Crippen molar-refractivity contribution in [2.75, 3.05) is 37.7 Å². The van der Waals surface area contributed by atoms with Crippen LogP contribution in [0.1, 0.15) is 20.8 Å². The number of benzene rings is 1. The normalized spacial score (nSPS) is 12.6. The van der Waals surface area contributed by atoms with Gasteiger partial charge in [0, 0.05) is 19.2 Å². The van der Waals surface area contributed by atoms with Gasteiger partial charge in [0.1, 0.15) is 5.69 Å². The number of anilines is 2. The first-order chi connectivity index (χ1) is 11.8. The molecule has 0 saturated carbocycles. The molecule has 2 heterocycles. The van der Waals surface area contributed by atoms with Crippen molar-refractivity contribution in [3.8, 4) is 17.5 Å². The molecule has 3 rings (SSSR count). The van der Waals surface area contributed by atoms with E-state index in [1.54, 1.807) is 0 Å². The van der Waals surface area contributed by atoms with Crippen LogP contribution in [-0.2, 0) is 0 Å². The van der Waals surface area contributed by atoms with Crippen molar-refractivity contribution in [1.82, 2.24) is 15.1 Å². The summed E-state index contributed by atoms with van der Waals surface area (Å²) in [6, 6.07) is 9.93. The van der Waals surface area contributed by atoms with Gasteiger partial charge in [-0.1, -0.05) is 26.0 Å². The fourth-order valence-electron chi connectivity index (χ4n) is 2.86. The number of likely N-dealkylation sites (N-methyl/N-ethyl adjacent to an activating group) is 1. The molecule has 0 aliphatic carbocycles. The average Bonchev–Trinajstić information content (AvgIpc) is 2.62. The first kappa shape index (κ1) is 16.5. The van der Waals surface area contributed by atoms with Crippen LogP contribution in [0.4, 0.5) is 11.4 Å². The fraction of sp³-hybridized carbons (Fsp3) is 0.444. The minimum Gasteiger partial charge on any atom is -0.477 e. The molecule has 0 spiro atoms. The van der Waals surface area contributed by atoms with E-state index < -0.39 is 0 Å². The molecule has 1 aliphatic rings. The summed E-state index contributed by atoms with van der Waals surface area (Å²) >= 11 is 0. The third-order valence-electron chi connectivity index (χ3n) is 4.20. The average molecular weight is 328 g/mol. The van der Waals surface area contributed by atoms with Gasteiger partial charge in [0.05, 0.1) is 12.3 Å². The Hall–Kier alpha value is -2.34. The van der Waals surface area contributed by atoms with Crippen LogP contribution in [0.2, 0.25) is 0 Å². The molecule has 1 aromatic heterocycles. The van der Waals surface area contributed by atoms with Crippen molar-refractivity contribution in [2.24, 2.45) is 0 Å². The fourth-order valence-corrected chi connectivity index (χ4v) is 2.86. The van der Waals surface area contributed by atoms with Gasteiger partial charge in [-0.25, -0.2) is 0 Å². The van der Waals surface area contributed by atoms with Gasteiger partial charge in [0.2, 0.25) is 5.88 Å². The second kappa shape index (κ2) is 7.49. The van der Waals surface area contributed by atoms with Gasteiger partial charge < -0.3 is 19.3 Å². The van der Waals surface area contributed by atoms with E-state index in [9.17, 15) is 0 Å². The van der Waals surface area contributed by atoms with Crippen LogP contribution in [0.15, 0.2) is 30.3 Å². The Bertz CT molecular complexity index is 688. The Balaban J connectivity index is 1.94. The van der Waals surface area contributed by atoms with Crippen molar-refractivity contribution in [3.05, 3.63) is 30.3 Å². The lowest BCUT2D eigenvalue weighted by Gasteiger charge is -2.33. The van der Waals surface area contributed by atoms with Crippen LogP contribution in [0.3, 0.4) is 0 Å². The Morgan fingerprint density at radius 3 is 2.62 bits per heavy atom. The first-order valence-electron chi connectivity index (χ1n) is 8.54. The molecule has 0 radical (unpaired) electrons. The van der Waals surface area contributed by atoms with Crippen molar-refractivity contribution >= 4 is 11.4 Å². The number of aromatic nitrogens is 2. The van der Waals surface area contributed by atoms with Gasteiger partial charge in [-0.15, -0.1) is 10.2 Å². The predicted molar refractivity (Wildman–Crippen MR) is 94.5 cm³/mol. The summed E-state index contributed by atoms with van der Waals surface area (Å²) in [5.74, 6) is 1.85. The Morgan fingerprint density at radius 1 is 1.08 bits per heavy atom. The molecular weight excluding hydrogens is 304 g/mol. The number of para-hydroxylation sites is 2. The number of ether oxygens (including phenoxy) is 2. The maximum absolute atomic E-state index is 5.92. The SMILES string of the molecule is CCOc1cc2c(nn1)Oc1ccccc1N2CCN(CC)CC. The lowest BCUT2D eigenvalue weighted by atomic mass is 10.2. The summed E-state index contributed by atoms with van der Waals surface area (Å²) in [6.45, 7) is 10.8. The highest BCUT2D eigenvalue weighted by molar-refractivity contribution is 5.76. The van der Waals surface area contributed by atoms with Crippen LogP contribution < -0.4 is 14.4 Å². The van der Waals surface area contributed by atoms with E-state index in [2.05, 4.69) is 39.9 Å². The standard InChI is InChI=1S/C18H24N4O2/c1-4-21(5-2)11-12-22-14-9-7-8-10-16(14)24-18-15(22)13-17(19-20-18)23-6-3/h7-10,13H,4-6,11-12H2,1-3H3. The Morgan fingerprint density at radius 2 is 1.88 bits per heavy atom. The largest absolute Gasteiger partial charge is 0.477 e. The molecule has 2 aromatic rings. The molecule has 6 nitrogen and oxygen atoms in total. The van der Waals surface area contributed by atoms with Gasteiger partial charge in [0.15, 0.2) is 5.75 Å². The molecule has 1 aromatic carbocycles. The highest BCUT2D eigenvalue weighted by Gasteiger charge is 2.26. The van der Waals surface area contributed by atoms with Crippen LogP contribution >= 0.6 is 0 Å². The van der Waals surface area contributed by atoms with E-state index in [4.69, 9.17) is 9.47 Å². The zero-order valence-electron chi connectivity index (χ0n) is 14.5. The van der Waals surface area contributed by atoms with Gasteiger partial charge in [-0.2, -0.15) is 0 Å². The lowest BCUT2D eigenvalue weighted by Crippen LogP contribution is -2.34. The minimum absolute atomic E-state index is 0.520. The topological polar surface area (TPSA) is 50.7 Å². The molecule has 0 bridgehead atoms. The molecule has 0 fully saturated rings. The van der Waals surface area contributed by atoms with E-state index >= 15 is 0 Å². The molecule has 0 saturated heterocycles. The molecular formula is C18H24N4O2.